The molecule has 0 atom stereocenters. The van der Waals surface area contributed by atoms with E-state index >= 15 is 35.1 Å². The lowest BCUT2D eigenvalue weighted by Crippen LogP contribution is -3.16. The van der Waals surface area contributed by atoms with Crippen LogP contribution in [0.25, 0.3) is 0 Å². The first-order valence-corrected chi connectivity index (χ1v) is 19.4. The van der Waals surface area contributed by atoms with Crippen molar-refractivity contribution in [2.24, 2.45) is 0 Å². The topological polar surface area (TPSA) is 4.44 Å². The van der Waals surface area contributed by atoms with Crippen LogP contribution in [0.4, 0.5) is 87.8 Å². The van der Waals surface area contributed by atoms with Crippen LogP contribution in [0.2, 0.25) is 0 Å². The average molecular weight is 956 g/mol. The van der Waals surface area contributed by atoms with E-state index in [-0.39, 0.29) is 0 Å². The molecule has 0 saturated heterocycles. The minimum atomic E-state index is -7.22. The minimum Gasteiger partial charge on any atom is -0.327 e. The van der Waals surface area contributed by atoms with E-state index in [9.17, 15) is 52.7 Å². The second-order valence-electron chi connectivity index (χ2n) is 15.5. The van der Waals surface area contributed by atoms with Gasteiger partial charge in [0.15, 0.2) is 69.8 Å². The molecule has 354 valence electrons. The molecule has 1 nitrogen and oxygen atoms in total. The molecule has 0 fully saturated rings. The number of benzene rings is 5. The van der Waals surface area contributed by atoms with Gasteiger partial charge in [0, 0.05) is 5.56 Å². The van der Waals surface area contributed by atoms with Crippen molar-refractivity contribution in [1.29, 1.82) is 0 Å². The summed E-state index contributed by atoms with van der Waals surface area (Å²) >= 11 is 0. The molecule has 5 aromatic rings. The van der Waals surface area contributed by atoms with Crippen LogP contribution in [0.3, 0.4) is 0 Å². The Bertz CT molecular complexity index is 2220. The molecule has 0 aliphatic heterocycles. The van der Waals surface area contributed by atoms with Gasteiger partial charge in [-0.25, -0.2) is 87.8 Å². The molecule has 65 heavy (non-hydrogen) atoms. The van der Waals surface area contributed by atoms with Crippen molar-refractivity contribution in [1.82, 2.24) is 0 Å². The summed E-state index contributed by atoms with van der Waals surface area (Å²) in [5.74, 6) is -71.4. The monoisotopic (exact) mass is 955 g/mol. The maximum atomic E-state index is 15.4. The van der Waals surface area contributed by atoms with Gasteiger partial charge in [-0.05, 0) is 51.7 Å². The molecule has 0 radical (unpaired) electrons. The van der Waals surface area contributed by atoms with Gasteiger partial charge in [0.2, 0.25) is 0 Å². The molecule has 0 bridgehead atoms. The predicted octanol–water partition coefficient (Wildman–Crippen LogP) is 9.64. The van der Waals surface area contributed by atoms with E-state index in [1.54, 1.807) is 4.90 Å². The van der Waals surface area contributed by atoms with Crippen molar-refractivity contribution in [3.63, 3.8) is 0 Å². The zero-order chi connectivity index (χ0) is 49.5. The van der Waals surface area contributed by atoms with Gasteiger partial charge >= 0.3 is 0 Å². The van der Waals surface area contributed by atoms with Gasteiger partial charge in [-0.2, -0.15) is 0 Å². The molecule has 0 amide bonds. The van der Waals surface area contributed by atoms with E-state index in [2.05, 4.69) is 59.7 Å². The lowest BCUT2D eigenvalue weighted by Gasteiger charge is -2.44. The molecule has 0 aliphatic rings. The summed E-state index contributed by atoms with van der Waals surface area (Å²) in [5, 5.41) is 0. The molecule has 0 aromatic heterocycles. The fourth-order valence-corrected chi connectivity index (χ4v) is 7.99. The highest BCUT2D eigenvalue weighted by Crippen LogP contribution is 2.31. The van der Waals surface area contributed by atoms with Gasteiger partial charge in [-0.1, -0.05) is 44.9 Å². The number of hydrogen-bond acceptors (Lipinski definition) is 0. The van der Waals surface area contributed by atoms with Crippen LogP contribution >= 0.6 is 0 Å². The van der Waals surface area contributed by atoms with E-state index in [0.717, 1.165) is 6.54 Å². The Hall–Kier alpha value is -5.28. The molecule has 1 N–H and O–H groups in total. The Kier molecular flexibility index (Phi) is 16.2. The number of quaternary nitrogens is 1. The van der Waals surface area contributed by atoms with E-state index in [4.69, 9.17) is 0 Å². The highest BCUT2D eigenvalue weighted by Gasteiger charge is 2.52. The molecule has 0 unspecified atom stereocenters. The van der Waals surface area contributed by atoms with Crippen molar-refractivity contribution in [2.75, 3.05) is 0 Å². The van der Waals surface area contributed by atoms with Crippen molar-refractivity contribution < 1.29 is 92.7 Å². The Morgan fingerprint density at radius 2 is 0.508 bits per heavy atom. The SMILES string of the molecule is CCCc1cc(CCC)cc(C[NH+](C(C)C)C(C)C)c1.Fc1c(F)c(F)c([B-](c2c(F)c(F)c(F)c(F)c2F)(c2c(F)c(F)c(F)c(F)c2F)c2c(F)c(F)c(F)c(F)c2F)c(F)c1F. The zero-order valence-corrected chi connectivity index (χ0v) is 34.6. The lowest BCUT2D eigenvalue weighted by molar-refractivity contribution is -0.955. The summed E-state index contributed by atoms with van der Waals surface area (Å²) in [6.45, 7) is 15.0. The highest BCUT2D eigenvalue weighted by atomic mass is 19.2. The van der Waals surface area contributed by atoms with Crippen molar-refractivity contribution >= 4 is 28.0 Å². The van der Waals surface area contributed by atoms with E-state index in [1.807, 2.05) is 0 Å². The number of nitrogens with one attached hydrogen (secondary N) is 1. The molecular formula is C43H34BF20N. The average Bonchev–Trinajstić information content (AvgIpc) is 3.25. The van der Waals surface area contributed by atoms with E-state index < -0.39 is 144 Å². The van der Waals surface area contributed by atoms with Gasteiger partial charge < -0.3 is 4.90 Å². The first-order chi connectivity index (χ1) is 30.2. The second kappa shape index (κ2) is 20.1. The lowest BCUT2D eigenvalue weighted by atomic mass is 9.12. The van der Waals surface area contributed by atoms with Crippen molar-refractivity contribution in [3.8, 4) is 0 Å². The maximum Gasteiger partial charge on any atom is 0.200 e. The van der Waals surface area contributed by atoms with Crippen LogP contribution in [0, 0.1) is 116 Å². The van der Waals surface area contributed by atoms with Crippen LogP contribution in [-0.4, -0.2) is 18.2 Å². The van der Waals surface area contributed by atoms with Crippen LogP contribution in [0.5, 0.6) is 0 Å². The molecule has 0 saturated carbocycles. The fourth-order valence-electron chi connectivity index (χ4n) is 7.99. The Morgan fingerprint density at radius 3 is 0.692 bits per heavy atom. The van der Waals surface area contributed by atoms with Crippen LogP contribution in [0.15, 0.2) is 18.2 Å². The van der Waals surface area contributed by atoms with Gasteiger partial charge in [0.05, 0.1) is 12.1 Å². The van der Waals surface area contributed by atoms with Gasteiger partial charge in [-0.15, -0.1) is 21.9 Å². The molecular weight excluding hydrogens is 921 g/mol. The van der Waals surface area contributed by atoms with E-state index in [0.29, 0.717) is 12.1 Å². The van der Waals surface area contributed by atoms with Crippen LogP contribution < -0.4 is 26.8 Å². The highest BCUT2D eigenvalue weighted by molar-refractivity contribution is 7.20. The van der Waals surface area contributed by atoms with Gasteiger partial charge in [-0.3, -0.25) is 0 Å². The molecule has 0 aliphatic carbocycles. The third-order valence-corrected chi connectivity index (χ3v) is 10.8. The summed E-state index contributed by atoms with van der Waals surface area (Å²) in [6, 6.07) is 8.65. The largest absolute Gasteiger partial charge is 0.327 e. The van der Waals surface area contributed by atoms with Gasteiger partial charge in [0.25, 0.3) is 0 Å². The van der Waals surface area contributed by atoms with Gasteiger partial charge in [0.1, 0.15) is 59.2 Å². The summed E-state index contributed by atoms with van der Waals surface area (Å²) in [4.78, 5) is 1.68. The summed E-state index contributed by atoms with van der Waals surface area (Å²) in [6.07, 6.45) is -2.32. The molecule has 5 rings (SSSR count). The smallest absolute Gasteiger partial charge is 0.200 e. The number of rotatable bonds is 12. The first kappa shape index (κ1) is 52.4. The van der Waals surface area contributed by atoms with E-state index in [1.165, 1.54) is 42.4 Å². The first-order valence-electron chi connectivity index (χ1n) is 19.4. The Balaban J connectivity index is 0.000000387. The third-order valence-electron chi connectivity index (χ3n) is 10.8. The summed E-state index contributed by atoms with van der Waals surface area (Å²) in [7, 11) is 0. The normalized spacial score (nSPS) is 12.0. The van der Waals surface area contributed by atoms with Crippen molar-refractivity contribution in [2.45, 2.75) is 85.9 Å². The molecule has 22 heteroatoms. The summed E-state index contributed by atoms with van der Waals surface area (Å²) < 4.78 is 294. The number of hydrogen-bond donors (Lipinski definition) is 1. The summed E-state index contributed by atoms with van der Waals surface area (Å²) in [5.41, 5.74) is -9.75. The maximum absolute atomic E-state index is 15.4. The van der Waals surface area contributed by atoms with Crippen LogP contribution in [0.1, 0.15) is 71.1 Å². The quantitative estimate of drug-likeness (QED) is 0.0551. The van der Waals surface area contributed by atoms with Crippen LogP contribution in [-0.2, 0) is 19.4 Å². The number of halogens is 20. The Morgan fingerprint density at radius 1 is 0.323 bits per heavy atom. The minimum absolute atomic E-state index is 0.680. The standard InChI is InChI=1S/C24BF20.C19H33N/c26-5-1(6(27)14(35)21(42)13(5)34)25(2-7(28)15(36)22(43)16(37)8(2)29,3-9(30)17(38)23(44)18(39)10(3)31)4-11(32)19(40)24(45)20(41)12(4)33;1-7-9-17-11-18(10-8-2)13-19(12-17)14-20(15(3)4)16(5)6/h;11-13,15-16H,7-10,14H2,1-6H3/q-1;/p+1. The molecule has 0 heterocycles. The fraction of sp³-hybridized carbons (Fsp3) is 0.302. The zero-order valence-electron chi connectivity index (χ0n) is 34.6. The number of aryl methyl sites for hydroxylation is 2. The predicted molar refractivity (Wildman–Crippen MR) is 199 cm³/mol. The molecule has 0 spiro atoms. The second-order valence-corrected chi connectivity index (χ2v) is 15.5. The Labute approximate surface area is 357 Å². The third kappa shape index (κ3) is 9.02. The molecule has 5 aromatic carbocycles. The van der Waals surface area contributed by atoms with Crippen molar-refractivity contribution in [3.05, 3.63) is 151 Å².